The zero-order valence-electron chi connectivity index (χ0n) is 6.95. The van der Waals surface area contributed by atoms with Crippen molar-refractivity contribution in [2.75, 3.05) is 19.8 Å². The molecule has 0 aromatic rings. The Kier molecular flexibility index (Phi) is 3.83. The van der Waals surface area contributed by atoms with Crippen LogP contribution in [0, 0.1) is 0 Å². The lowest BCUT2D eigenvalue weighted by Crippen LogP contribution is -2.26. The maximum absolute atomic E-state index is 8.93. The Hall–Kier alpha value is -0.120. The normalized spacial score (nSPS) is 23.5. The molecule has 0 unspecified atom stereocenters. The van der Waals surface area contributed by atoms with E-state index in [-0.39, 0.29) is 6.10 Å². The number of hydrogen-bond acceptors (Lipinski definition) is 3. The minimum absolute atomic E-state index is 0.304. The fraction of sp³-hybridized carbons (Fsp3) is 1.00. The van der Waals surface area contributed by atoms with Gasteiger partial charge in [-0.15, -0.1) is 0 Å². The highest BCUT2D eigenvalue weighted by Crippen LogP contribution is 2.10. The van der Waals surface area contributed by atoms with E-state index in [4.69, 9.17) is 14.6 Å². The molecule has 1 atom stereocenters. The second-order valence-electron chi connectivity index (χ2n) is 2.99. The molecule has 0 spiro atoms. The second kappa shape index (κ2) is 4.70. The molecule has 1 rings (SSSR count). The van der Waals surface area contributed by atoms with Crippen LogP contribution in [-0.4, -0.2) is 37.1 Å². The van der Waals surface area contributed by atoms with E-state index in [0.717, 1.165) is 26.1 Å². The van der Waals surface area contributed by atoms with Crippen LogP contribution in [0.15, 0.2) is 0 Å². The molecule has 1 saturated heterocycles. The summed E-state index contributed by atoms with van der Waals surface area (Å²) >= 11 is 0. The Morgan fingerprint density at radius 1 is 1.55 bits per heavy atom. The van der Waals surface area contributed by atoms with E-state index in [2.05, 4.69) is 0 Å². The Morgan fingerprint density at radius 2 is 2.18 bits per heavy atom. The maximum atomic E-state index is 8.93. The maximum Gasteiger partial charge on any atom is 0.0745 e. The lowest BCUT2D eigenvalue weighted by molar-refractivity contribution is -0.0557. The smallest absolute Gasteiger partial charge is 0.0745 e. The largest absolute Gasteiger partial charge is 0.391 e. The van der Waals surface area contributed by atoms with E-state index in [9.17, 15) is 0 Å². The molecule has 3 nitrogen and oxygen atoms in total. The Bertz CT molecular complexity index is 97.5. The van der Waals surface area contributed by atoms with Gasteiger partial charge in [0.2, 0.25) is 0 Å². The summed E-state index contributed by atoms with van der Waals surface area (Å²) in [6, 6.07) is 0. The number of rotatable bonds is 3. The van der Waals surface area contributed by atoms with Crippen LogP contribution in [0.4, 0.5) is 0 Å². The van der Waals surface area contributed by atoms with Gasteiger partial charge in [0, 0.05) is 13.2 Å². The van der Waals surface area contributed by atoms with Crippen molar-refractivity contribution in [1.82, 2.24) is 0 Å². The quantitative estimate of drug-likeness (QED) is 0.655. The van der Waals surface area contributed by atoms with E-state index >= 15 is 0 Å². The molecule has 1 fully saturated rings. The van der Waals surface area contributed by atoms with Crippen LogP contribution in [0.25, 0.3) is 0 Å². The highest BCUT2D eigenvalue weighted by Gasteiger charge is 2.14. The van der Waals surface area contributed by atoms with Gasteiger partial charge >= 0.3 is 0 Å². The highest BCUT2D eigenvalue weighted by molar-refractivity contribution is 4.62. The summed E-state index contributed by atoms with van der Waals surface area (Å²) in [7, 11) is 0. The molecular weight excluding hydrogens is 144 g/mol. The van der Waals surface area contributed by atoms with E-state index in [1.165, 1.54) is 0 Å². The van der Waals surface area contributed by atoms with Crippen LogP contribution in [-0.2, 0) is 9.47 Å². The Labute approximate surface area is 67.3 Å². The molecule has 0 aromatic carbocycles. The van der Waals surface area contributed by atoms with Gasteiger partial charge in [0.05, 0.1) is 18.8 Å². The first kappa shape index (κ1) is 8.97. The van der Waals surface area contributed by atoms with Crippen molar-refractivity contribution in [1.29, 1.82) is 0 Å². The fourth-order valence-electron chi connectivity index (χ4n) is 1.12. The SMILES string of the molecule is C[C@H](O)COC1CCOCC1. The molecule has 11 heavy (non-hydrogen) atoms. The van der Waals surface area contributed by atoms with E-state index in [0.29, 0.717) is 12.7 Å². The van der Waals surface area contributed by atoms with Gasteiger partial charge in [-0.1, -0.05) is 0 Å². The first-order valence-corrected chi connectivity index (χ1v) is 4.16. The molecule has 1 heterocycles. The van der Waals surface area contributed by atoms with E-state index < -0.39 is 0 Å². The fourth-order valence-corrected chi connectivity index (χ4v) is 1.12. The molecule has 3 heteroatoms. The molecule has 66 valence electrons. The average Bonchev–Trinajstić information content (AvgIpc) is 2.03. The van der Waals surface area contributed by atoms with Crippen molar-refractivity contribution in [2.45, 2.75) is 32.0 Å². The lowest BCUT2D eigenvalue weighted by atomic mass is 10.1. The molecule has 1 aliphatic rings. The van der Waals surface area contributed by atoms with Gasteiger partial charge in [-0.05, 0) is 19.8 Å². The summed E-state index contributed by atoms with van der Waals surface area (Å²) in [5, 5.41) is 8.93. The monoisotopic (exact) mass is 160 g/mol. The van der Waals surface area contributed by atoms with Gasteiger partial charge in [0.1, 0.15) is 0 Å². The second-order valence-corrected chi connectivity index (χ2v) is 2.99. The molecule has 0 radical (unpaired) electrons. The van der Waals surface area contributed by atoms with Crippen molar-refractivity contribution >= 4 is 0 Å². The lowest BCUT2D eigenvalue weighted by Gasteiger charge is -2.22. The zero-order chi connectivity index (χ0) is 8.10. The number of aliphatic hydroxyl groups is 1. The summed E-state index contributed by atoms with van der Waals surface area (Å²) in [6.07, 6.45) is 1.88. The van der Waals surface area contributed by atoms with E-state index in [1.54, 1.807) is 6.92 Å². The first-order valence-electron chi connectivity index (χ1n) is 4.16. The third-order valence-electron chi connectivity index (χ3n) is 1.74. The third kappa shape index (κ3) is 3.70. The minimum Gasteiger partial charge on any atom is -0.391 e. The van der Waals surface area contributed by atoms with Crippen molar-refractivity contribution in [2.24, 2.45) is 0 Å². The van der Waals surface area contributed by atoms with Crippen molar-refractivity contribution in [3.05, 3.63) is 0 Å². The van der Waals surface area contributed by atoms with Crippen LogP contribution < -0.4 is 0 Å². The van der Waals surface area contributed by atoms with Crippen molar-refractivity contribution < 1.29 is 14.6 Å². The molecule has 1 N–H and O–H groups in total. The third-order valence-corrected chi connectivity index (χ3v) is 1.74. The van der Waals surface area contributed by atoms with Gasteiger partial charge in [-0.25, -0.2) is 0 Å². The zero-order valence-corrected chi connectivity index (χ0v) is 6.95. The molecule has 0 aromatic heterocycles. The van der Waals surface area contributed by atoms with Crippen molar-refractivity contribution in [3.63, 3.8) is 0 Å². The topological polar surface area (TPSA) is 38.7 Å². The first-order chi connectivity index (χ1) is 5.29. The van der Waals surface area contributed by atoms with Crippen LogP contribution in [0.2, 0.25) is 0 Å². The summed E-state index contributed by atoms with van der Waals surface area (Å²) < 4.78 is 10.6. The highest BCUT2D eigenvalue weighted by atomic mass is 16.5. The molecule has 0 aliphatic carbocycles. The average molecular weight is 160 g/mol. The Balaban J connectivity index is 2.05. The van der Waals surface area contributed by atoms with Crippen LogP contribution in [0.1, 0.15) is 19.8 Å². The van der Waals surface area contributed by atoms with Gasteiger partial charge in [-0.3, -0.25) is 0 Å². The van der Waals surface area contributed by atoms with Crippen molar-refractivity contribution in [3.8, 4) is 0 Å². The number of ether oxygens (including phenoxy) is 2. The predicted molar refractivity (Wildman–Crippen MR) is 41.5 cm³/mol. The predicted octanol–water partition coefficient (Wildman–Crippen LogP) is 0.563. The summed E-state index contributed by atoms with van der Waals surface area (Å²) in [5.41, 5.74) is 0. The molecule has 0 bridgehead atoms. The van der Waals surface area contributed by atoms with Gasteiger partial charge in [0.15, 0.2) is 0 Å². The summed E-state index contributed by atoms with van der Waals surface area (Å²) in [4.78, 5) is 0. The number of hydrogen-bond donors (Lipinski definition) is 1. The molecule has 0 amide bonds. The van der Waals surface area contributed by atoms with Gasteiger partial charge < -0.3 is 14.6 Å². The van der Waals surface area contributed by atoms with E-state index in [1.807, 2.05) is 0 Å². The molecule has 1 aliphatic heterocycles. The van der Waals surface area contributed by atoms with Crippen LogP contribution >= 0.6 is 0 Å². The Morgan fingerprint density at radius 3 is 2.73 bits per heavy atom. The number of aliphatic hydroxyl groups excluding tert-OH is 1. The van der Waals surface area contributed by atoms with Gasteiger partial charge in [0.25, 0.3) is 0 Å². The minimum atomic E-state index is -0.349. The molecular formula is C8H16O3. The van der Waals surface area contributed by atoms with Gasteiger partial charge in [-0.2, -0.15) is 0 Å². The summed E-state index contributed by atoms with van der Waals surface area (Å²) in [5.74, 6) is 0. The van der Waals surface area contributed by atoms with Crippen LogP contribution in [0.5, 0.6) is 0 Å². The molecule has 0 saturated carbocycles. The standard InChI is InChI=1S/C8H16O3/c1-7(9)6-11-8-2-4-10-5-3-8/h7-9H,2-6H2,1H3/t7-/m0/s1. The van der Waals surface area contributed by atoms with Crippen LogP contribution in [0.3, 0.4) is 0 Å². The summed E-state index contributed by atoms with van der Waals surface area (Å²) in [6.45, 7) is 3.78.